The molecule has 4 rings (SSSR count). The predicted molar refractivity (Wildman–Crippen MR) is 127 cm³/mol. The van der Waals surface area contributed by atoms with Crippen LogP contribution in [0, 0.1) is 5.92 Å². The number of halogens is 3. The summed E-state index contributed by atoms with van der Waals surface area (Å²) >= 11 is 18.5. The molecule has 8 heteroatoms. The number of hydrogen-bond acceptors (Lipinski definition) is 4. The van der Waals surface area contributed by atoms with Crippen LogP contribution < -0.4 is 9.47 Å². The summed E-state index contributed by atoms with van der Waals surface area (Å²) in [6, 6.07) is 9.30. The van der Waals surface area contributed by atoms with Gasteiger partial charge >= 0.3 is 5.97 Å². The minimum absolute atomic E-state index is 0.0194. The van der Waals surface area contributed by atoms with Crippen molar-refractivity contribution >= 4 is 40.8 Å². The van der Waals surface area contributed by atoms with Crippen LogP contribution in [0.4, 0.5) is 0 Å². The summed E-state index contributed by atoms with van der Waals surface area (Å²) in [7, 11) is 0. The van der Waals surface area contributed by atoms with Gasteiger partial charge in [-0.25, -0.2) is 0 Å². The number of hydrogen-bond donors (Lipinski definition) is 1. The Morgan fingerprint density at radius 2 is 1.88 bits per heavy atom. The number of ether oxygens (including phenoxy) is 2. The van der Waals surface area contributed by atoms with Crippen molar-refractivity contribution in [1.82, 2.24) is 4.90 Å². The maximum absolute atomic E-state index is 11.1. The largest absolute Gasteiger partial charge is 0.492 e. The fraction of sp³-hybridized carbons (Fsp3) is 0.458. The first-order valence-corrected chi connectivity index (χ1v) is 11.9. The van der Waals surface area contributed by atoms with Crippen LogP contribution in [0.15, 0.2) is 30.3 Å². The molecule has 2 aliphatic rings. The maximum atomic E-state index is 11.1. The van der Waals surface area contributed by atoms with Gasteiger partial charge in [0.1, 0.15) is 18.1 Å². The lowest BCUT2D eigenvalue weighted by molar-refractivity contribution is -0.141. The van der Waals surface area contributed by atoms with Gasteiger partial charge in [0.25, 0.3) is 0 Å². The monoisotopic (exact) mass is 497 g/mol. The van der Waals surface area contributed by atoms with Gasteiger partial charge in [-0.2, -0.15) is 0 Å². The van der Waals surface area contributed by atoms with Crippen molar-refractivity contribution in [3.8, 4) is 11.5 Å². The van der Waals surface area contributed by atoms with E-state index in [1.165, 1.54) is 5.56 Å². The minimum atomic E-state index is -0.727. The number of likely N-dealkylation sites (tertiary alicyclic amines) is 1. The van der Waals surface area contributed by atoms with Gasteiger partial charge in [-0.3, -0.25) is 4.79 Å². The van der Waals surface area contributed by atoms with Gasteiger partial charge in [0, 0.05) is 27.6 Å². The molecular formula is C24H26Cl3NO4. The summed E-state index contributed by atoms with van der Waals surface area (Å²) in [6.45, 7) is 5.38. The minimum Gasteiger partial charge on any atom is -0.492 e. The van der Waals surface area contributed by atoms with E-state index in [1.54, 1.807) is 19.1 Å². The summed E-state index contributed by atoms with van der Waals surface area (Å²) in [5, 5.41) is 10.5. The first kappa shape index (κ1) is 23.5. The third-order valence-corrected chi connectivity index (χ3v) is 7.52. The van der Waals surface area contributed by atoms with Gasteiger partial charge in [-0.05, 0) is 57.1 Å². The lowest BCUT2D eigenvalue weighted by Gasteiger charge is -2.38. The molecule has 32 heavy (non-hydrogen) atoms. The summed E-state index contributed by atoms with van der Waals surface area (Å²) < 4.78 is 12.0. The molecule has 2 heterocycles. The van der Waals surface area contributed by atoms with E-state index in [0.717, 1.165) is 38.2 Å². The number of carbonyl (C=O) groups is 1. The van der Waals surface area contributed by atoms with Gasteiger partial charge < -0.3 is 19.5 Å². The van der Waals surface area contributed by atoms with Crippen molar-refractivity contribution in [3.05, 3.63) is 56.5 Å². The Bertz CT molecular complexity index is 982. The van der Waals surface area contributed by atoms with Gasteiger partial charge in [-0.15, -0.1) is 0 Å². The van der Waals surface area contributed by atoms with Crippen LogP contribution in [-0.2, 0) is 16.8 Å². The number of nitrogens with zero attached hydrogens (tertiary/aromatic N) is 1. The van der Waals surface area contributed by atoms with E-state index in [2.05, 4.69) is 11.0 Å². The Labute approximate surface area is 203 Å². The van der Waals surface area contributed by atoms with Crippen molar-refractivity contribution in [2.75, 3.05) is 26.2 Å². The van der Waals surface area contributed by atoms with Crippen LogP contribution in [0.5, 0.6) is 11.5 Å². The van der Waals surface area contributed by atoms with E-state index >= 15 is 0 Å². The zero-order chi connectivity index (χ0) is 22.9. The Hall–Kier alpha value is -1.66. The van der Waals surface area contributed by atoms with Crippen LogP contribution in [0.2, 0.25) is 15.1 Å². The number of piperidine rings is 1. The molecule has 0 bridgehead atoms. The third-order valence-electron chi connectivity index (χ3n) is 6.63. The molecule has 1 spiro atoms. The molecule has 1 N–H and O–H groups in total. The number of carboxylic acids is 1. The molecule has 0 unspecified atom stereocenters. The average Bonchev–Trinajstić information content (AvgIpc) is 3.09. The molecule has 0 amide bonds. The van der Waals surface area contributed by atoms with Crippen molar-refractivity contribution in [2.45, 2.75) is 38.2 Å². The van der Waals surface area contributed by atoms with Gasteiger partial charge in [0.2, 0.25) is 0 Å². The van der Waals surface area contributed by atoms with Crippen LogP contribution in [-0.4, -0.2) is 42.2 Å². The van der Waals surface area contributed by atoms with E-state index in [1.807, 2.05) is 12.1 Å². The van der Waals surface area contributed by atoms with E-state index in [-0.39, 0.29) is 17.9 Å². The highest BCUT2D eigenvalue weighted by Crippen LogP contribution is 2.46. The number of carboxylic acid groups (broad SMARTS) is 1. The molecule has 2 aliphatic heterocycles. The zero-order valence-electron chi connectivity index (χ0n) is 17.9. The predicted octanol–water partition coefficient (Wildman–Crippen LogP) is 6.06. The van der Waals surface area contributed by atoms with Gasteiger partial charge in [-0.1, -0.05) is 47.8 Å². The Balaban J connectivity index is 1.38. The van der Waals surface area contributed by atoms with Gasteiger partial charge in [0.15, 0.2) is 0 Å². The van der Waals surface area contributed by atoms with Crippen LogP contribution in [0.3, 0.4) is 0 Å². The summed E-state index contributed by atoms with van der Waals surface area (Å²) in [6.07, 6.45) is 2.67. The fourth-order valence-electron chi connectivity index (χ4n) is 4.43. The molecule has 172 valence electrons. The Morgan fingerprint density at radius 1 is 1.19 bits per heavy atom. The van der Waals surface area contributed by atoms with Crippen LogP contribution >= 0.6 is 34.8 Å². The third kappa shape index (κ3) is 4.96. The average molecular weight is 499 g/mol. The number of rotatable bonds is 7. The highest BCUT2D eigenvalue weighted by Gasteiger charge is 2.43. The van der Waals surface area contributed by atoms with Gasteiger partial charge in [0.05, 0.1) is 22.6 Å². The van der Waals surface area contributed by atoms with E-state index < -0.39 is 5.97 Å². The molecule has 1 atom stereocenters. The number of benzene rings is 2. The molecule has 2 aromatic rings. The molecular weight excluding hydrogens is 473 g/mol. The molecule has 0 saturated carbocycles. The second-order valence-electron chi connectivity index (χ2n) is 8.73. The summed E-state index contributed by atoms with van der Waals surface area (Å²) in [5.74, 6) is 0.527. The van der Waals surface area contributed by atoms with Crippen LogP contribution in [0.1, 0.15) is 37.3 Å². The molecule has 1 saturated heterocycles. The van der Waals surface area contributed by atoms with Crippen LogP contribution in [0.25, 0.3) is 0 Å². The number of fused-ring (bicyclic) bond motifs is 2. The second kappa shape index (κ2) is 9.68. The molecule has 0 aliphatic carbocycles. The molecule has 0 aromatic heterocycles. The highest BCUT2D eigenvalue weighted by molar-refractivity contribution is 6.39. The van der Waals surface area contributed by atoms with Crippen molar-refractivity contribution in [3.63, 3.8) is 0 Å². The van der Waals surface area contributed by atoms with E-state index in [9.17, 15) is 4.79 Å². The van der Waals surface area contributed by atoms with Crippen molar-refractivity contribution < 1.29 is 19.4 Å². The Morgan fingerprint density at radius 3 is 2.53 bits per heavy atom. The SMILES string of the molecule is C[C@H](CCN1CCC2(CC1)COc1cc(OCc3c(Cl)cc(Cl)cc3Cl)ccc12)C(=O)O. The molecule has 1 fully saturated rings. The smallest absolute Gasteiger partial charge is 0.306 e. The summed E-state index contributed by atoms with van der Waals surface area (Å²) in [5.41, 5.74) is 1.94. The quantitative estimate of drug-likeness (QED) is 0.502. The fourth-order valence-corrected chi connectivity index (χ4v) is 5.35. The van der Waals surface area contributed by atoms with E-state index in [4.69, 9.17) is 49.4 Å². The molecule has 5 nitrogen and oxygen atoms in total. The topological polar surface area (TPSA) is 59.0 Å². The first-order valence-electron chi connectivity index (χ1n) is 10.8. The second-order valence-corrected chi connectivity index (χ2v) is 9.98. The zero-order valence-corrected chi connectivity index (χ0v) is 20.1. The summed E-state index contributed by atoms with van der Waals surface area (Å²) in [4.78, 5) is 13.4. The standard InChI is InChI=1S/C24H26Cl3NO4/c1-15(23(29)30)4-7-28-8-5-24(6-9-28)14-32-22-12-17(2-3-19(22)24)31-13-18-20(26)10-16(25)11-21(18)27/h2-3,10-12,15H,4-9,13-14H2,1H3,(H,29,30)/t15-/m1/s1. The van der Waals surface area contributed by atoms with Crippen molar-refractivity contribution in [1.29, 1.82) is 0 Å². The molecule has 0 radical (unpaired) electrons. The highest BCUT2D eigenvalue weighted by atomic mass is 35.5. The van der Waals surface area contributed by atoms with E-state index in [0.29, 0.717) is 39.4 Å². The first-order chi connectivity index (χ1) is 15.3. The molecule has 2 aromatic carbocycles. The number of aliphatic carboxylic acids is 1. The maximum Gasteiger partial charge on any atom is 0.306 e. The Kier molecular flexibility index (Phi) is 7.11. The van der Waals surface area contributed by atoms with Crippen molar-refractivity contribution in [2.24, 2.45) is 5.92 Å². The normalized spacial score (nSPS) is 18.2. The lowest BCUT2D eigenvalue weighted by atomic mass is 9.74. The lowest BCUT2D eigenvalue weighted by Crippen LogP contribution is -2.44.